The summed E-state index contributed by atoms with van der Waals surface area (Å²) in [6.07, 6.45) is 3.90. The second-order valence-electron chi connectivity index (χ2n) is 6.03. The van der Waals surface area contributed by atoms with Crippen LogP contribution >= 0.6 is 11.6 Å². The maximum Gasteiger partial charge on any atom is 0.129 e. The van der Waals surface area contributed by atoms with Gasteiger partial charge < -0.3 is 4.90 Å². The third-order valence-electron chi connectivity index (χ3n) is 4.19. The Kier molecular flexibility index (Phi) is 5.09. The van der Waals surface area contributed by atoms with Crippen LogP contribution in [0, 0.1) is 18.8 Å². The van der Waals surface area contributed by atoms with Crippen LogP contribution in [-0.4, -0.2) is 18.1 Å². The highest BCUT2D eigenvalue weighted by Gasteiger charge is 2.20. The molecule has 2 heterocycles. The molecule has 3 heteroatoms. The standard InChI is InChI=1S/C16H25ClN2/c1-12(2)15-5-4-7-19(8-6-15)16-10-14(11-17)9-13(3)18-16/h9-10,12,15H,4-8,11H2,1-3H3. The molecule has 1 unspecified atom stereocenters. The minimum atomic E-state index is 0.568. The molecule has 0 aliphatic carbocycles. The van der Waals surface area contributed by atoms with Gasteiger partial charge in [0.05, 0.1) is 0 Å². The number of hydrogen-bond acceptors (Lipinski definition) is 2. The van der Waals surface area contributed by atoms with Gasteiger partial charge in [-0.1, -0.05) is 13.8 Å². The van der Waals surface area contributed by atoms with Gasteiger partial charge in [-0.05, 0) is 55.7 Å². The molecular formula is C16H25ClN2. The van der Waals surface area contributed by atoms with Gasteiger partial charge in [0.1, 0.15) is 5.82 Å². The van der Waals surface area contributed by atoms with Crippen LogP contribution in [-0.2, 0) is 5.88 Å². The number of alkyl halides is 1. The van der Waals surface area contributed by atoms with E-state index >= 15 is 0 Å². The largest absolute Gasteiger partial charge is 0.357 e. The van der Waals surface area contributed by atoms with Crippen LogP contribution < -0.4 is 4.90 Å². The van der Waals surface area contributed by atoms with E-state index in [4.69, 9.17) is 11.6 Å². The van der Waals surface area contributed by atoms with Gasteiger partial charge in [0.2, 0.25) is 0 Å². The van der Waals surface area contributed by atoms with Gasteiger partial charge in [0.15, 0.2) is 0 Å². The number of aromatic nitrogens is 1. The van der Waals surface area contributed by atoms with Crippen molar-refractivity contribution in [3.63, 3.8) is 0 Å². The minimum absolute atomic E-state index is 0.568. The average Bonchev–Trinajstić information content (AvgIpc) is 2.63. The molecule has 1 aromatic heterocycles. The lowest BCUT2D eigenvalue weighted by Gasteiger charge is -2.23. The highest BCUT2D eigenvalue weighted by molar-refractivity contribution is 6.17. The minimum Gasteiger partial charge on any atom is -0.357 e. The summed E-state index contributed by atoms with van der Waals surface area (Å²) in [6.45, 7) is 8.99. The Morgan fingerprint density at radius 3 is 2.79 bits per heavy atom. The molecule has 0 spiro atoms. The van der Waals surface area contributed by atoms with Gasteiger partial charge in [0.25, 0.3) is 0 Å². The first kappa shape index (κ1) is 14.6. The predicted molar refractivity (Wildman–Crippen MR) is 82.9 cm³/mol. The van der Waals surface area contributed by atoms with Crippen molar-refractivity contribution in [2.75, 3.05) is 18.0 Å². The highest BCUT2D eigenvalue weighted by atomic mass is 35.5. The Balaban J connectivity index is 2.11. The van der Waals surface area contributed by atoms with Crippen LogP contribution in [0.15, 0.2) is 12.1 Å². The molecule has 0 N–H and O–H groups in total. The molecule has 2 nitrogen and oxygen atoms in total. The number of hydrogen-bond donors (Lipinski definition) is 0. The summed E-state index contributed by atoms with van der Waals surface area (Å²) in [5, 5.41) is 0. The summed E-state index contributed by atoms with van der Waals surface area (Å²) in [6, 6.07) is 4.22. The van der Waals surface area contributed by atoms with Gasteiger partial charge >= 0.3 is 0 Å². The third-order valence-corrected chi connectivity index (χ3v) is 4.50. The highest BCUT2D eigenvalue weighted by Crippen LogP contribution is 2.27. The third kappa shape index (κ3) is 3.85. The molecular weight excluding hydrogens is 256 g/mol. The lowest BCUT2D eigenvalue weighted by molar-refractivity contribution is 0.351. The second kappa shape index (κ2) is 6.60. The van der Waals surface area contributed by atoms with Crippen LogP contribution in [0.2, 0.25) is 0 Å². The van der Waals surface area contributed by atoms with Gasteiger partial charge in [-0.3, -0.25) is 0 Å². The van der Waals surface area contributed by atoms with E-state index in [0.29, 0.717) is 5.88 Å². The molecule has 1 fully saturated rings. The van der Waals surface area contributed by atoms with Crippen molar-refractivity contribution in [3.05, 3.63) is 23.4 Å². The Morgan fingerprint density at radius 2 is 2.11 bits per heavy atom. The van der Waals surface area contributed by atoms with Crippen molar-refractivity contribution in [3.8, 4) is 0 Å². The van der Waals surface area contributed by atoms with E-state index in [9.17, 15) is 0 Å². The van der Waals surface area contributed by atoms with Gasteiger partial charge in [0, 0.05) is 24.7 Å². The van der Waals surface area contributed by atoms with Crippen molar-refractivity contribution >= 4 is 17.4 Å². The van der Waals surface area contributed by atoms with Gasteiger partial charge in [-0.15, -0.1) is 11.6 Å². The Bertz CT molecular complexity index is 417. The fraction of sp³-hybridized carbons (Fsp3) is 0.688. The van der Waals surface area contributed by atoms with E-state index in [0.717, 1.165) is 36.4 Å². The number of halogens is 1. The fourth-order valence-corrected chi connectivity index (χ4v) is 3.13. The first-order chi connectivity index (χ1) is 9.10. The van der Waals surface area contributed by atoms with Gasteiger partial charge in [-0.2, -0.15) is 0 Å². The van der Waals surface area contributed by atoms with Gasteiger partial charge in [-0.25, -0.2) is 4.98 Å². The van der Waals surface area contributed by atoms with Crippen LogP contribution in [0.5, 0.6) is 0 Å². The zero-order valence-electron chi connectivity index (χ0n) is 12.3. The first-order valence-electron chi connectivity index (χ1n) is 7.38. The Labute approximate surface area is 122 Å². The summed E-state index contributed by atoms with van der Waals surface area (Å²) in [5.74, 6) is 3.34. The summed E-state index contributed by atoms with van der Waals surface area (Å²) in [5.41, 5.74) is 2.24. The second-order valence-corrected chi connectivity index (χ2v) is 6.30. The molecule has 1 saturated heterocycles. The normalized spacial score (nSPS) is 20.7. The number of rotatable bonds is 3. The fourth-order valence-electron chi connectivity index (χ4n) is 2.98. The van der Waals surface area contributed by atoms with Crippen LogP contribution in [0.4, 0.5) is 5.82 Å². The SMILES string of the molecule is Cc1cc(CCl)cc(N2CCCC(C(C)C)CC2)n1. The summed E-state index contributed by atoms with van der Waals surface area (Å²) < 4.78 is 0. The Morgan fingerprint density at radius 1 is 1.32 bits per heavy atom. The lowest BCUT2D eigenvalue weighted by Crippen LogP contribution is -2.25. The number of pyridine rings is 1. The average molecular weight is 281 g/mol. The molecule has 106 valence electrons. The van der Waals surface area contributed by atoms with Crippen molar-refractivity contribution in [1.82, 2.24) is 4.98 Å². The molecule has 1 aliphatic heterocycles. The lowest BCUT2D eigenvalue weighted by atomic mass is 9.89. The van der Waals surface area contributed by atoms with E-state index in [2.05, 4.69) is 35.9 Å². The summed E-state index contributed by atoms with van der Waals surface area (Å²) in [4.78, 5) is 7.12. The summed E-state index contributed by atoms with van der Waals surface area (Å²) in [7, 11) is 0. The van der Waals surface area contributed by atoms with Crippen molar-refractivity contribution in [2.45, 2.75) is 45.9 Å². The maximum absolute atomic E-state index is 5.96. The molecule has 2 rings (SSSR count). The van der Waals surface area contributed by atoms with E-state index in [1.807, 2.05) is 6.92 Å². The van der Waals surface area contributed by atoms with Crippen LogP contribution in [0.25, 0.3) is 0 Å². The molecule has 1 atom stereocenters. The Hall–Kier alpha value is -0.760. The predicted octanol–water partition coefficient (Wildman–Crippen LogP) is 4.39. The quantitative estimate of drug-likeness (QED) is 0.764. The van der Waals surface area contributed by atoms with Crippen molar-refractivity contribution in [1.29, 1.82) is 0 Å². The number of anilines is 1. The van der Waals surface area contributed by atoms with Crippen molar-refractivity contribution in [2.24, 2.45) is 11.8 Å². The zero-order chi connectivity index (χ0) is 13.8. The molecule has 0 saturated carbocycles. The topological polar surface area (TPSA) is 16.1 Å². The van der Waals surface area contributed by atoms with Crippen LogP contribution in [0.3, 0.4) is 0 Å². The molecule has 0 radical (unpaired) electrons. The summed E-state index contributed by atoms with van der Waals surface area (Å²) >= 11 is 5.96. The molecule has 1 aromatic rings. The molecule has 0 aromatic carbocycles. The molecule has 0 amide bonds. The monoisotopic (exact) mass is 280 g/mol. The molecule has 1 aliphatic rings. The van der Waals surface area contributed by atoms with Crippen molar-refractivity contribution < 1.29 is 0 Å². The zero-order valence-corrected chi connectivity index (χ0v) is 13.1. The number of aryl methyl sites for hydroxylation is 1. The van der Waals surface area contributed by atoms with E-state index in [-0.39, 0.29) is 0 Å². The molecule has 0 bridgehead atoms. The smallest absolute Gasteiger partial charge is 0.129 e. The van der Waals surface area contributed by atoms with Crippen LogP contribution in [0.1, 0.15) is 44.4 Å². The maximum atomic E-state index is 5.96. The van der Waals surface area contributed by atoms with E-state index in [1.54, 1.807) is 0 Å². The number of nitrogens with zero attached hydrogens (tertiary/aromatic N) is 2. The first-order valence-corrected chi connectivity index (χ1v) is 7.92. The molecule has 19 heavy (non-hydrogen) atoms. The van der Waals surface area contributed by atoms with E-state index < -0.39 is 0 Å². The van der Waals surface area contributed by atoms with E-state index in [1.165, 1.54) is 24.8 Å².